The molecule has 0 atom stereocenters. The number of nitrogens with one attached hydrogen (secondary N) is 2. The van der Waals surface area contributed by atoms with Gasteiger partial charge in [-0.3, -0.25) is 4.79 Å². The van der Waals surface area contributed by atoms with Crippen molar-refractivity contribution >= 4 is 28.3 Å². The smallest absolute Gasteiger partial charge is 0.243 e. The topological polar surface area (TPSA) is 87.7 Å². The van der Waals surface area contributed by atoms with Crippen molar-refractivity contribution in [3.05, 3.63) is 29.8 Å². The predicted molar refractivity (Wildman–Crippen MR) is 98.3 cm³/mol. The van der Waals surface area contributed by atoms with Gasteiger partial charge in [0.25, 0.3) is 0 Å². The first-order valence-corrected chi connectivity index (χ1v) is 9.53. The van der Waals surface area contributed by atoms with Crippen LogP contribution in [0.15, 0.2) is 29.2 Å². The summed E-state index contributed by atoms with van der Waals surface area (Å²) < 4.78 is 31.2. The third-order valence-electron chi connectivity index (χ3n) is 3.88. The number of amides is 1. The molecule has 1 aliphatic rings. The van der Waals surface area contributed by atoms with Crippen LogP contribution in [0.2, 0.25) is 0 Å². The van der Waals surface area contributed by atoms with E-state index in [9.17, 15) is 13.2 Å². The highest BCUT2D eigenvalue weighted by molar-refractivity contribution is 7.89. The lowest BCUT2D eigenvalue weighted by Crippen LogP contribution is -2.34. The van der Waals surface area contributed by atoms with E-state index >= 15 is 0 Å². The summed E-state index contributed by atoms with van der Waals surface area (Å²) in [6.07, 6.45) is 1.84. The van der Waals surface area contributed by atoms with Crippen LogP contribution in [0.4, 0.5) is 0 Å². The Balaban J connectivity index is 0.00000312. The third-order valence-corrected chi connectivity index (χ3v) is 5.80. The standard InChI is InChI=1S/C16H25N3O4S.ClH/c1-23-11-8-17-13-16(20)18-12-14-4-6-15(7-5-14)24(21,22)19-9-2-3-10-19;/h4-7,17H,2-3,8-13H2,1H3,(H,18,20);1H. The zero-order valence-electron chi connectivity index (χ0n) is 14.4. The maximum atomic E-state index is 12.4. The molecule has 25 heavy (non-hydrogen) atoms. The van der Waals surface area contributed by atoms with E-state index < -0.39 is 10.0 Å². The van der Waals surface area contributed by atoms with E-state index in [2.05, 4.69) is 10.6 Å². The first kappa shape index (κ1) is 21.9. The lowest BCUT2D eigenvalue weighted by molar-refractivity contribution is -0.120. The minimum atomic E-state index is -3.38. The fraction of sp³-hybridized carbons (Fsp3) is 0.562. The van der Waals surface area contributed by atoms with Gasteiger partial charge in [-0.2, -0.15) is 4.31 Å². The number of hydrogen-bond donors (Lipinski definition) is 2. The normalized spacial score (nSPS) is 14.9. The second kappa shape index (κ2) is 10.7. The third kappa shape index (κ3) is 6.56. The maximum absolute atomic E-state index is 12.4. The van der Waals surface area contributed by atoms with Gasteiger partial charge in [-0.05, 0) is 30.5 Å². The van der Waals surface area contributed by atoms with Crippen LogP contribution in [0.25, 0.3) is 0 Å². The number of ether oxygens (including phenoxy) is 1. The van der Waals surface area contributed by atoms with Crippen LogP contribution in [0, 0.1) is 0 Å². The second-order valence-corrected chi connectivity index (χ2v) is 7.64. The highest BCUT2D eigenvalue weighted by Gasteiger charge is 2.26. The number of nitrogens with zero attached hydrogens (tertiary/aromatic N) is 1. The zero-order chi connectivity index (χ0) is 17.4. The molecule has 1 aliphatic heterocycles. The molecule has 1 saturated heterocycles. The number of rotatable bonds is 9. The summed E-state index contributed by atoms with van der Waals surface area (Å²) >= 11 is 0. The summed E-state index contributed by atoms with van der Waals surface area (Å²) in [5.74, 6) is -0.111. The van der Waals surface area contributed by atoms with E-state index in [0.717, 1.165) is 18.4 Å². The van der Waals surface area contributed by atoms with Crippen molar-refractivity contribution in [3.63, 3.8) is 0 Å². The molecule has 1 heterocycles. The van der Waals surface area contributed by atoms with Gasteiger partial charge in [-0.1, -0.05) is 12.1 Å². The molecule has 0 bridgehead atoms. The van der Waals surface area contributed by atoms with Gasteiger partial charge in [-0.25, -0.2) is 8.42 Å². The molecule has 9 heteroatoms. The van der Waals surface area contributed by atoms with Gasteiger partial charge in [0, 0.05) is 33.3 Å². The first-order chi connectivity index (χ1) is 11.5. The van der Waals surface area contributed by atoms with Crippen LogP contribution in [0.1, 0.15) is 18.4 Å². The van der Waals surface area contributed by atoms with Gasteiger partial charge in [0.2, 0.25) is 15.9 Å². The predicted octanol–water partition coefficient (Wildman–Crippen LogP) is 0.745. The molecular formula is C16H26ClN3O4S. The van der Waals surface area contributed by atoms with Crippen LogP contribution in [0.3, 0.4) is 0 Å². The largest absolute Gasteiger partial charge is 0.383 e. The summed E-state index contributed by atoms with van der Waals surface area (Å²) in [4.78, 5) is 12.0. The van der Waals surface area contributed by atoms with Crippen LogP contribution in [-0.2, 0) is 26.1 Å². The van der Waals surface area contributed by atoms with Crippen LogP contribution >= 0.6 is 12.4 Å². The SMILES string of the molecule is COCCNCC(=O)NCc1ccc(S(=O)(=O)N2CCCC2)cc1.Cl. The number of carbonyl (C=O) groups excluding carboxylic acids is 1. The van der Waals surface area contributed by atoms with Crippen molar-refractivity contribution < 1.29 is 17.9 Å². The van der Waals surface area contributed by atoms with E-state index in [1.165, 1.54) is 4.31 Å². The van der Waals surface area contributed by atoms with Gasteiger partial charge in [0.1, 0.15) is 0 Å². The summed E-state index contributed by atoms with van der Waals surface area (Å²) in [5, 5.41) is 5.75. The van der Waals surface area contributed by atoms with Gasteiger partial charge in [0.05, 0.1) is 18.0 Å². The number of carbonyl (C=O) groups is 1. The monoisotopic (exact) mass is 391 g/mol. The zero-order valence-corrected chi connectivity index (χ0v) is 16.0. The molecule has 1 aromatic rings. The number of sulfonamides is 1. The van der Waals surface area contributed by atoms with Crippen LogP contribution in [0.5, 0.6) is 0 Å². The maximum Gasteiger partial charge on any atom is 0.243 e. The Labute approximate surface area is 155 Å². The molecule has 1 amide bonds. The summed E-state index contributed by atoms with van der Waals surface area (Å²) in [6.45, 7) is 2.96. The Bertz CT molecular complexity index is 631. The van der Waals surface area contributed by atoms with Crippen molar-refractivity contribution in [1.29, 1.82) is 0 Å². The Hall–Kier alpha value is -1.19. The van der Waals surface area contributed by atoms with E-state index in [-0.39, 0.29) is 24.9 Å². The van der Waals surface area contributed by atoms with Crippen LogP contribution < -0.4 is 10.6 Å². The molecule has 0 saturated carbocycles. The minimum Gasteiger partial charge on any atom is -0.383 e. The van der Waals surface area contributed by atoms with Gasteiger partial charge < -0.3 is 15.4 Å². The fourth-order valence-corrected chi connectivity index (χ4v) is 4.01. The Kier molecular flexibility index (Phi) is 9.37. The van der Waals surface area contributed by atoms with Crippen LogP contribution in [-0.4, -0.2) is 58.5 Å². The van der Waals surface area contributed by atoms with Gasteiger partial charge in [0.15, 0.2) is 0 Å². The Morgan fingerprint density at radius 3 is 2.44 bits per heavy atom. The second-order valence-electron chi connectivity index (χ2n) is 5.70. The molecule has 0 radical (unpaired) electrons. The van der Waals surface area contributed by atoms with Crippen molar-refractivity contribution in [1.82, 2.24) is 14.9 Å². The summed E-state index contributed by atoms with van der Waals surface area (Å²) in [7, 11) is -1.77. The molecular weight excluding hydrogens is 366 g/mol. The average molecular weight is 392 g/mol. The quantitative estimate of drug-likeness (QED) is 0.606. The van der Waals surface area contributed by atoms with Gasteiger partial charge in [-0.15, -0.1) is 12.4 Å². The molecule has 0 aliphatic carbocycles. The highest BCUT2D eigenvalue weighted by atomic mass is 35.5. The van der Waals surface area contributed by atoms with Crippen molar-refractivity contribution in [2.45, 2.75) is 24.3 Å². The molecule has 1 fully saturated rings. The lowest BCUT2D eigenvalue weighted by atomic mass is 10.2. The number of halogens is 1. The molecule has 2 N–H and O–H groups in total. The number of methoxy groups -OCH3 is 1. The van der Waals surface area contributed by atoms with Crippen molar-refractivity contribution in [3.8, 4) is 0 Å². The van der Waals surface area contributed by atoms with Crippen molar-refractivity contribution in [2.24, 2.45) is 0 Å². The van der Waals surface area contributed by atoms with Gasteiger partial charge >= 0.3 is 0 Å². The first-order valence-electron chi connectivity index (χ1n) is 8.09. The van der Waals surface area contributed by atoms with E-state index in [4.69, 9.17) is 4.74 Å². The van der Waals surface area contributed by atoms with Crippen molar-refractivity contribution in [2.75, 3.05) is 39.9 Å². The molecule has 1 aromatic carbocycles. The molecule has 0 aromatic heterocycles. The summed E-state index contributed by atoms with van der Waals surface area (Å²) in [5.41, 5.74) is 0.862. The molecule has 142 valence electrons. The molecule has 0 unspecified atom stereocenters. The van der Waals surface area contributed by atoms with E-state index in [1.807, 2.05) is 0 Å². The highest BCUT2D eigenvalue weighted by Crippen LogP contribution is 2.20. The lowest BCUT2D eigenvalue weighted by Gasteiger charge is -2.15. The molecule has 7 nitrogen and oxygen atoms in total. The molecule has 0 spiro atoms. The summed E-state index contributed by atoms with van der Waals surface area (Å²) in [6, 6.07) is 6.68. The Morgan fingerprint density at radius 1 is 1.20 bits per heavy atom. The fourth-order valence-electron chi connectivity index (χ4n) is 2.50. The number of hydrogen-bond acceptors (Lipinski definition) is 5. The van der Waals surface area contributed by atoms with E-state index in [0.29, 0.717) is 37.7 Å². The van der Waals surface area contributed by atoms with E-state index in [1.54, 1.807) is 31.4 Å². The molecule has 2 rings (SSSR count). The number of benzene rings is 1. The average Bonchev–Trinajstić information content (AvgIpc) is 3.13. The Morgan fingerprint density at radius 2 is 1.84 bits per heavy atom. The minimum absolute atomic E-state index is 0.